The highest BCUT2D eigenvalue weighted by atomic mass is 32.2. The molecule has 0 saturated carbocycles. The Morgan fingerprint density at radius 3 is 2.47 bits per heavy atom. The van der Waals surface area contributed by atoms with Crippen molar-refractivity contribution in [1.82, 2.24) is 0 Å². The third kappa shape index (κ3) is 3.69. The van der Waals surface area contributed by atoms with Gasteiger partial charge in [0.1, 0.15) is 5.82 Å². The largest absolute Gasteiger partial charge is 0.397 e. The van der Waals surface area contributed by atoms with E-state index < -0.39 is 15.8 Å². The van der Waals surface area contributed by atoms with Gasteiger partial charge in [-0.3, -0.25) is 4.72 Å². The van der Waals surface area contributed by atoms with Crippen molar-refractivity contribution in [3.8, 4) is 0 Å². The Balaban J connectivity index is 2.20. The van der Waals surface area contributed by atoms with Crippen LogP contribution in [0.3, 0.4) is 0 Å². The number of nitrogens with two attached hydrogens (primary N) is 1. The Labute approximate surface area is 111 Å². The lowest BCUT2D eigenvalue weighted by molar-refractivity contribution is 0.600. The molecule has 100 valence electrons. The zero-order chi connectivity index (χ0) is 13.9. The number of anilines is 2. The zero-order valence-corrected chi connectivity index (χ0v) is 10.8. The summed E-state index contributed by atoms with van der Waals surface area (Å²) >= 11 is 0. The van der Waals surface area contributed by atoms with E-state index in [2.05, 4.69) is 4.72 Å². The van der Waals surface area contributed by atoms with Gasteiger partial charge in [-0.25, -0.2) is 12.8 Å². The van der Waals surface area contributed by atoms with Gasteiger partial charge in [-0.05, 0) is 17.7 Å². The highest BCUT2D eigenvalue weighted by Crippen LogP contribution is 2.21. The Morgan fingerprint density at radius 1 is 1.11 bits per heavy atom. The molecule has 0 amide bonds. The third-order valence-corrected chi connectivity index (χ3v) is 3.72. The fourth-order valence-electron chi connectivity index (χ4n) is 1.61. The monoisotopic (exact) mass is 280 g/mol. The van der Waals surface area contributed by atoms with Gasteiger partial charge in [0.05, 0.1) is 17.1 Å². The van der Waals surface area contributed by atoms with Crippen molar-refractivity contribution in [2.75, 3.05) is 10.5 Å². The van der Waals surface area contributed by atoms with Crippen LogP contribution < -0.4 is 10.5 Å². The van der Waals surface area contributed by atoms with Crippen LogP contribution in [0.25, 0.3) is 0 Å². The normalized spacial score (nSPS) is 11.2. The fraction of sp³-hybridized carbons (Fsp3) is 0.0769. The quantitative estimate of drug-likeness (QED) is 0.844. The van der Waals surface area contributed by atoms with E-state index >= 15 is 0 Å². The molecule has 2 rings (SSSR count). The molecule has 3 N–H and O–H groups in total. The van der Waals surface area contributed by atoms with Crippen LogP contribution >= 0.6 is 0 Å². The average molecular weight is 280 g/mol. The maximum atomic E-state index is 13.1. The molecule has 0 saturated heterocycles. The maximum absolute atomic E-state index is 13.1. The van der Waals surface area contributed by atoms with Crippen LogP contribution in [0, 0.1) is 5.82 Å². The Kier molecular flexibility index (Phi) is 3.71. The van der Waals surface area contributed by atoms with Crippen molar-refractivity contribution < 1.29 is 12.8 Å². The van der Waals surface area contributed by atoms with Gasteiger partial charge < -0.3 is 5.73 Å². The van der Waals surface area contributed by atoms with Crippen molar-refractivity contribution in [2.45, 2.75) is 5.75 Å². The number of halogens is 1. The molecule has 0 bridgehead atoms. The summed E-state index contributed by atoms with van der Waals surface area (Å²) in [4.78, 5) is 0. The van der Waals surface area contributed by atoms with Crippen LogP contribution in [-0.4, -0.2) is 8.42 Å². The maximum Gasteiger partial charge on any atom is 0.236 e. The molecular formula is C13H13FN2O2S. The Morgan fingerprint density at radius 2 is 1.79 bits per heavy atom. The molecular weight excluding hydrogens is 267 g/mol. The zero-order valence-electron chi connectivity index (χ0n) is 10.0. The molecule has 2 aromatic rings. The number of hydrogen-bond acceptors (Lipinski definition) is 3. The minimum atomic E-state index is -3.62. The summed E-state index contributed by atoms with van der Waals surface area (Å²) in [5.74, 6) is -0.740. The minimum Gasteiger partial charge on any atom is -0.397 e. The first-order valence-electron chi connectivity index (χ1n) is 5.56. The number of nitrogens with one attached hydrogen (secondary N) is 1. The Hall–Kier alpha value is -2.08. The second-order valence-electron chi connectivity index (χ2n) is 4.08. The first kappa shape index (κ1) is 13.4. The van der Waals surface area contributed by atoms with Crippen molar-refractivity contribution in [3.05, 3.63) is 59.9 Å². The fourth-order valence-corrected chi connectivity index (χ4v) is 2.83. The molecule has 0 aliphatic heterocycles. The minimum absolute atomic E-state index is 0.0518. The first-order valence-corrected chi connectivity index (χ1v) is 7.21. The lowest BCUT2D eigenvalue weighted by Crippen LogP contribution is -2.16. The summed E-state index contributed by atoms with van der Waals surface area (Å²) in [7, 11) is -3.62. The average Bonchev–Trinajstić information content (AvgIpc) is 2.34. The summed E-state index contributed by atoms with van der Waals surface area (Å²) in [5.41, 5.74) is 6.47. The van der Waals surface area contributed by atoms with E-state index in [1.165, 1.54) is 12.1 Å². The smallest absolute Gasteiger partial charge is 0.236 e. The SMILES string of the molecule is Nc1ccc(F)cc1NS(=O)(=O)Cc1ccccc1. The van der Waals surface area contributed by atoms with Gasteiger partial charge in [-0.1, -0.05) is 30.3 Å². The lowest BCUT2D eigenvalue weighted by atomic mass is 10.2. The number of hydrogen-bond donors (Lipinski definition) is 2. The molecule has 6 heteroatoms. The third-order valence-electron chi connectivity index (χ3n) is 2.48. The molecule has 19 heavy (non-hydrogen) atoms. The summed E-state index contributed by atoms with van der Waals surface area (Å²) in [6, 6.07) is 12.2. The van der Waals surface area contributed by atoms with E-state index in [1.807, 2.05) is 0 Å². The Bertz CT molecular complexity index is 672. The van der Waals surface area contributed by atoms with Crippen molar-refractivity contribution in [3.63, 3.8) is 0 Å². The van der Waals surface area contributed by atoms with Crippen LogP contribution in [0.4, 0.5) is 15.8 Å². The lowest BCUT2D eigenvalue weighted by Gasteiger charge is -2.10. The number of benzene rings is 2. The van der Waals surface area contributed by atoms with Gasteiger partial charge >= 0.3 is 0 Å². The van der Waals surface area contributed by atoms with E-state index in [0.717, 1.165) is 6.07 Å². The molecule has 0 unspecified atom stereocenters. The summed E-state index contributed by atoms with van der Waals surface area (Å²) < 4.78 is 39.2. The summed E-state index contributed by atoms with van der Waals surface area (Å²) in [6.45, 7) is 0. The van der Waals surface area contributed by atoms with Crippen LogP contribution in [-0.2, 0) is 15.8 Å². The van der Waals surface area contributed by atoms with Crippen molar-refractivity contribution in [1.29, 1.82) is 0 Å². The molecule has 0 aliphatic rings. The second kappa shape index (κ2) is 5.27. The molecule has 0 aromatic heterocycles. The van der Waals surface area contributed by atoms with Crippen LogP contribution in [0.5, 0.6) is 0 Å². The van der Waals surface area contributed by atoms with E-state index in [0.29, 0.717) is 5.56 Å². The van der Waals surface area contributed by atoms with Gasteiger partial charge in [0.25, 0.3) is 0 Å². The second-order valence-corrected chi connectivity index (χ2v) is 5.80. The van der Waals surface area contributed by atoms with Crippen molar-refractivity contribution in [2.24, 2.45) is 0 Å². The van der Waals surface area contributed by atoms with Crippen LogP contribution in [0.1, 0.15) is 5.56 Å². The highest BCUT2D eigenvalue weighted by molar-refractivity contribution is 7.91. The number of nitrogen functional groups attached to an aromatic ring is 1. The van der Waals surface area contributed by atoms with Crippen LogP contribution in [0.15, 0.2) is 48.5 Å². The molecule has 0 aliphatic carbocycles. The standard InChI is InChI=1S/C13H13FN2O2S/c14-11-6-7-12(15)13(8-11)16-19(17,18)9-10-4-2-1-3-5-10/h1-8,16H,9,15H2. The molecule has 4 nitrogen and oxygen atoms in total. The highest BCUT2D eigenvalue weighted by Gasteiger charge is 2.13. The van der Waals surface area contributed by atoms with Gasteiger partial charge in [0, 0.05) is 6.07 Å². The molecule has 2 aromatic carbocycles. The van der Waals surface area contributed by atoms with Gasteiger partial charge in [-0.15, -0.1) is 0 Å². The van der Waals surface area contributed by atoms with Gasteiger partial charge in [0.15, 0.2) is 0 Å². The van der Waals surface area contributed by atoms with E-state index in [1.54, 1.807) is 30.3 Å². The molecule has 0 atom stereocenters. The number of sulfonamides is 1. The topological polar surface area (TPSA) is 72.2 Å². The van der Waals surface area contributed by atoms with E-state index in [4.69, 9.17) is 5.73 Å². The predicted molar refractivity (Wildman–Crippen MR) is 73.5 cm³/mol. The molecule has 0 spiro atoms. The van der Waals surface area contributed by atoms with Crippen molar-refractivity contribution >= 4 is 21.4 Å². The number of rotatable bonds is 4. The van der Waals surface area contributed by atoms with E-state index in [9.17, 15) is 12.8 Å². The summed E-state index contributed by atoms with van der Waals surface area (Å²) in [5, 5.41) is 0. The predicted octanol–water partition coefficient (Wildman–Crippen LogP) is 2.35. The summed E-state index contributed by atoms with van der Waals surface area (Å²) in [6.07, 6.45) is 0. The molecule has 0 radical (unpaired) electrons. The van der Waals surface area contributed by atoms with E-state index in [-0.39, 0.29) is 17.1 Å². The first-order chi connectivity index (χ1) is 8.96. The van der Waals surface area contributed by atoms with Gasteiger partial charge in [-0.2, -0.15) is 0 Å². The van der Waals surface area contributed by atoms with Crippen LogP contribution in [0.2, 0.25) is 0 Å². The molecule has 0 fully saturated rings. The van der Waals surface area contributed by atoms with Gasteiger partial charge in [0.2, 0.25) is 10.0 Å². The molecule has 0 heterocycles.